The van der Waals surface area contributed by atoms with Crippen molar-refractivity contribution >= 4 is 17.5 Å². The normalized spacial score (nSPS) is 11.9. The molecule has 0 fully saturated rings. The number of amides is 1. The topological polar surface area (TPSA) is 38.3 Å². The lowest BCUT2D eigenvalue weighted by Crippen LogP contribution is -2.37. The standard InChI is InChI=1S/C19H21ClFNO2/c1-12-10-17(11-13(2)18(12)20)24-14(3)19(23)22-9-8-15-4-6-16(21)7-5-15/h4-7,10-11,14H,8-9H2,1-3H3,(H,22,23). The lowest BCUT2D eigenvalue weighted by atomic mass is 10.1. The summed E-state index contributed by atoms with van der Waals surface area (Å²) >= 11 is 6.13. The fourth-order valence-electron chi connectivity index (χ4n) is 2.36. The zero-order valence-electron chi connectivity index (χ0n) is 14.0. The van der Waals surface area contributed by atoms with Gasteiger partial charge < -0.3 is 10.1 Å². The maximum Gasteiger partial charge on any atom is 0.260 e. The third kappa shape index (κ3) is 4.96. The minimum atomic E-state index is -0.613. The first-order valence-electron chi connectivity index (χ1n) is 7.82. The van der Waals surface area contributed by atoms with E-state index in [0.717, 1.165) is 16.7 Å². The Morgan fingerprint density at radius 3 is 2.38 bits per heavy atom. The number of carbonyl (C=O) groups excluding carboxylic acids is 1. The van der Waals surface area contributed by atoms with Gasteiger partial charge in [-0.05, 0) is 68.1 Å². The molecule has 2 aromatic rings. The lowest BCUT2D eigenvalue weighted by Gasteiger charge is -2.16. The van der Waals surface area contributed by atoms with Gasteiger partial charge in [0.15, 0.2) is 6.10 Å². The largest absolute Gasteiger partial charge is 0.481 e. The quantitative estimate of drug-likeness (QED) is 0.847. The van der Waals surface area contributed by atoms with E-state index in [2.05, 4.69) is 5.32 Å². The van der Waals surface area contributed by atoms with Crippen molar-refractivity contribution in [2.45, 2.75) is 33.3 Å². The zero-order chi connectivity index (χ0) is 17.7. The van der Waals surface area contributed by atoms with Crippen molar-refractivity contribution in [2.24, 2.45) is 0 Å². The van der Waals surface area contributed by atoms with Gasteiger partial charge in [0.2, 0.25) is 0 Å². The fourth-order valence-corrected chi connectivity index (χ4v) is 2.47. The molecule has 1 unspecified atom stereocenters. The Morgan fingerprint density at radius 2 is 1.79 bits per heavy atom. The molecular formula is C19H21ClFNO2. The van der Waals surface area contributed by atoms with E-state index in [1.165, 1.54) is 12.1 Å². The number of halogens is 2. The van der Waals surface area contributed by atoms with Crippen molar-refractivity contribution in [3.8, 4) is 5.75 Å². The molecule has 0 aliphatic rings. The van der Waals surface area contributed by atoms with Crippen molar-refractivity contribution in [1.82, 2.24) is 5.32 Å². The molecule has 1 N–H and O–H groups in total. The molecule has 1 amide bonds. The predicted octanol–water partition coefficient (Wildman–Crippen LogP) is 4.22. The van der Waals surface area contributed by atoms with E-state index in [9.17, 15) is 9.18 Å². The molecule has 3 nitrogen and oxygen atoms in total. The van der Waals surface area contributed by atoms with Gasteiger partial charge in [-0.25, -0.2) is 4.39 Å². The van der Waals surface area contributed by atoms with Crippen LogP contribution in [0.15, 0.2) is 36.4 Å². The lowest BCUT2D eigenvalue weighted by molar-refractivity contribution is -0.127. The van der Waals surface area contributed by atoms with Crippen molar-refractivity contribution in [1.29, 1.82) is 0 Å². The summed E-state index contributed by atoms with van der Waals surface area (Å²) in [5.74, 6) is 0.163. The number of rotatable bonds is 6. The average Bonchev–Trinajstić information content (AvgIpc) is 2.54. The molecule has 0 bridgehead atoms. The molecule has 0 aliphatic heterocycles. The first kappa shape index (κ1) is 18.3. The molecule has 2 aromatic carbocycles. The Morgan fingerprint density at radius 1 is 1.21 bits per heavy atom. The summed E-state index contributed by atoms with van der Waals surface area (Å²) in [6, 6.07) is 9.87. The predicted molar refractivity (Wildman–Crippen MR) is 94.1 cm³/mol. The molecule has 0 saturated carbocycles. The molecule has 0 heterocycles. The van der Waals surface area contributed by atoms with Gasteiger partial charge in [-0.2, -0.15) is 0 Å². The van der Waals surface area contributed by atoms with Crippen molar-refractivity contribution in [3.63, 3.8) is 0 Å². The molecule has 24 heavy (non-hydrogen) atoms. The Balaban J connectivity index is 1.85. The van der Waals surface area contributed by atoms with Crippen molar-refractivity contribution in [2.75, 3.05) is 6.54 Å². The molecule has 0 saturated heterocycles. The van der Waals surface area contributed by atoms with Gasteiger partial charge in [-0.1, -0.05) is 23.7 Å². The van der Waals surface area contributed by atoms with Crippen LogP contribution in [0.1, 0.15) is 23.6 Å². The Labute approximate surface area is 146 Å². The van der Waals surface area contributed by atoms with Crippen molar-refractivity contribution < 1.29 is 13.9 Å². The number of aryl methyl sites for hydroxylation is 2. The molecule has 1 atom stereocenters. The Hall–Kier alpha value is -2.07. The van der Waals surface area contributed by atoms with Gasteiger partial charge in [0.1, 0.15) is 11.6 Å². The Bertz CT molecular complexity index is 693. The number of hydrogen-bond donors (Lipinski definition) is 1. The van der Waals surface area contributed by atoms with E-state index in [1.807, 2.05) is 26.0 Å². The van der Waals surface area contributed by atoms with Gasteiger partial charge >= 0.3 is 0 Å². The average molecular weight is 350 g/mol. The van der Waals surface area contributed by atoms with Crippen LogP contribution in [0, 0.1) is 19.7 Å². The summed E-state index contributed by atoms with van der Waals surface area (Å²) < 4.78 is 18.5. The van der Waals surface area contributed by atoms with Crippen LogP contribution in [0.25, 0.3) is 0 Å². The highest BCUT2D eigenvalue weighted by Crippen LogP contribution is 2.26. The van der Waals surface area contributed by atoms with Gasteiger partial charge in [0.05, 0.1) is 0 Å². The summed E-state index contributed by atoms with van der Waals surface area (Å²) in [7, 11) is 0. The van der Waals surface area contributed by atoms with E-state index in [0.29, 0.717) is 23.7 Å². The smallest absolute Gasteiger partial charge is 0.260 e. The van der Waals surface area contributed by atoms with Crippen molar-refractivity contribution in [3.05, 3.63) is 63.9 Å². The SMILES string of the molecule is Cc1cc(OC(C)C(=O)NCCc2ccc(F)cc2)cc(C)c1Cl. The molecule has 0 radical (unpaired) electrons. The van der Waals surface area contributed by atoms with Crippen LogP contribution >= 0.6 is 11.6 Å². The number of benzene rings is 2. The van der Waals surface area contributed by atoms with Gasteiger partial charge in [-0.3, -0.25) is 4.79 Å². The second kappa shape index (κ2) is 8.15. The van der Waals surface area contributed by atoms with E-state index in [-0.39, 0.29) is 11.7 Å². The van der Waals surface area contributed by atoms with Crippen LogP contribution in [0.2, 0.25) is 5.02 Å². The summed E-state index contributed by atoms with van der Waals surface area (Å²) in [6.45, 7) is 5.97. The van der Waals surface area contributed by atoms with Gasteiger partial charge in [-0.15, -0.1) is 0 Å². The van der Waals surface area contributed by atoms with E-state index < -0.39 is 6.10 Å². The zero-order valence-corrected chi connectivity index (χ0v) is 14.8. The molecule has 0 aliphatic carbocycles. The van der Waals surface area contributed by atoms with Gasteiger partial charge in [0, 0.05) is 11.6 Å². The molecule has 2 rings (SSSR count). The minimum Gasteiger partial charge on any atom is -0.481 e. The third-order valence-corrected chi connectivity index (χ3v) is 4.31. The first-order chi connectivity index (χ1) is 11.4. The summed E-state index contributed by atoms with van der Waals surface area (Å²) in [5, 5.41) is 3.53. The first-order valence-corrected chi connectivity index (χ1v) is 8.20. The van der Waals surface area contributed by atoms with Crippen LogP contribution in [-0.4, -0.2) is 18.6 Å². The van der Waals surface area contributed by atoms with Gasteiger partial charge in [0.25, 0.3) is 5.91 Å². The maximum absolute atomic E-state index is 12.8. The summed E-state index contributed by atoms with van der Waals surface area (Å²) in [4.78, 5) is 12.1. The van der Waals surface area contributed by atoms with E-state index in [4.69, 9.17) is 16.3 Å². The molecule has 5 heteroatoms. The molecule has 0 spiro atoms. The Kier molecular flexibility index (Phi) is 6.21. The highest BCUT2D eigenvalue weighted by molar-refractivity contribution is 6.32. The second-order valence-corrected chi connectivity index (χ2v) is 6.18. The second-order valence-electron chi connectivity index (χ2n) is 5.80. The van der Waals surface area contributed by atoms with E-state index >= 15 is 0 Å². The molecule has 128 valence electrons. The number of carbonyl (C=O) groups is 1. The number of hydrogen-bond acceptors (Lipinski definition) is 2. The minimum absolute atomic E-state index is 0.192. The van der Waals surface area contributed by atoms with Crippen LogP contribution in [-0.2, 0) is 11.2 Å². The fraction of sp³-hybridized carbons (Fsp3) is 0.316. The molecule has 0 aromatic heterocycles. The van der Waals surface area contributed by atoms with Crippen LogP contribution in [0.5, 0.6) is 5.75 Å². The molecular weight excluding hydrogens is 329 g/mol. The monoisotopic (exact) mass is 349 g/mol. The highest BCUT2D eigenvalue weighted by atomic mass is 35.5. The summed E-state index contributed by atoms with van der Waals surface area (Å²) in [5.41, 5.74) is 2.79. The van der Waals surface area contributed by atoms with E-state index in [1.54, 1.807) is 19.1 Å². The maximum atomic E-state index is 12.8. The number of nitrogens with one attached hydrogen (secondary N) is 1. The summed E-state index contributed by atoms with van der Waals surface area (Å²) in [6.07, 6.45) is 0.0240. The third-order valence-electron chi connectivity index (χ3n) is 3.72. The highest BCUT2D eigenvalue weighted by Gasteiger charge is 2.15. The van der Waals surface area contributed by atoms with Crippen LogP contribution in [0.3, 0.4) is 0 Å². The number of ether oxygens (including phenoxy) is 1. The van der Waals surface area contributed by atoms with Crippen LogP contribution in [0.4, 0.5) is 4.39 Å². The van der Waals surface area contributed by atoms with Crippen LogP contribution < -0.4 is 10.1 Å².